The van der Waals surface area contributed by atoms with Gasteiger partial charge in [0.25, 0.3) is 0 Å². The number of anilines is 1. The van der Waals surface area contributed by atoms with Crippen LogP contribution in [0.5, 0.6) is 0 Å². The number of nitrogens with one attached hydrogen (secondary N) is 1. The van der Waals surface area contributed by atoms with Crippen LogP contribution in [0.3, 0.4) is 0 Å². The van der Waals surface area contributed by atoms with Crippen LogP contribution in [0.2, 0.25) is 5.02 Å². The minimum Gasteiger partial charge on any atom is -0.385 e. The van der Waals surface area contributed by atoms with Crippen molar-refractivity contribution in [3.8, 4) is 0 Å². The van der Waals surface area contributed by atoms with Gasteiger partial charge in [0.1, 0.15) is 5.82 Å². The molecule has 0 saturated carbocycles. The number of aromatic nitrogens is 1. The summed E-state index contributed by atoms with van der Waals surface area (Å²) in [7, 11) is 1.72. The fraction of sp³-hybridized carbons (Fsp3) is 0.583. The van der Waals surface area contributed by atoms with Crippen molar-refractivity contribution in [2.24, 2.45) is 5.41 Å². The maximum absolute atomic E-state index is 6.01. The van der Waals surface area contributed by atoms with Crippen LogP contribution in [-0.2, 0) is 4.74 Å². The molecule has 0 aliphatic carbocycles. The third-order valence-corrected chi connectivity index (χ3v) is 2.78. The zero-order valence-corrected chi connectivity index (χ0v) is 10.8. The number of ether oxygens (including phenoxy) is 1. The van der Waals surface area contributed by atoms with Gasteiger partial charge in [0, 0.05) is 26.5 Å². The standard InChI is InChI=1S/C12H19ClN2O/c1-12(2,6-8-16-3)9-15-11-10(13)5-4-7-14-11/h4-5,7H,6,8-9H2,1-3H3,(H,14,15). The summed E-state index contributed by atoms with van der Waals surface area (Å²) in [6, 6.07) is 3.66. The van der Waals surface area contributed by atoms with Crippen LogP contribution in [0.15, 0.2) is 18.3 Å². The van der Waals surface area contributed by atoms with Gasteiger partial charge in [0.05, 0.1) is 5.02 Å². The number of rotatable bonds is 6. The molecule has 16 heavy (non-hydrogen) atoms. The Kier molecular flexibility index (Phi) is 5.03. The molecule has 1 heterocycles. The SMILES string of the molecule is COCCC(C)(C)CNc1ncccc1Cl. The van der Waals surface area contributed by atoms with Crippen LogP contribution in [0.1, 0.15) is 20.3 Å². The molecule has 90 valence electrons. The van der Waals surface area contributed by atoms with E-state index in [-0.39, 0.29) is 5.41 Å². The van der Waals surface area contributed by atoms with E-state index < -0.39 is 0 Å². The molecule has 0 aliphatic rings. The first-order valence-electron chi connectivity index (χ1n) is 5.38. The maximum Gasteiger partial charge on any atom is 0.144 e. The van der Waals surface area contributed by atoms with E-state index in [1.165, 1.54) is 0 Å². The first-order valence-corrected chi connectivity index (χ1v) is 5.76. The molecule has 0 amide bonds. The van der Waals surface area contributed by atoms with E-state index in [4.69, 9.17) is 16.3 Å². The highest BCUT2D eigenvalue weighted by Crippen LogP contribution is 2.23. The van der Waals surface area contributed by atoms with E-state index >= 15 is 0 Å². The lowest BCUT2D eigenvalue weighted by atomic mass is 9.90. The Morgan fingerprint density at radius 3 is 2.88 bits per heavy atom. The number of halogens is 1. The lowest BCUT2D eigenvalue weighted by molar-refractivity contribution is 0.157. The van der Waals surface area contributed by atoms with Crippen LogP contribution in [-0.4, -0.2) is 25.2 Å². The Labute approximate surface area is 102 Å². The monoisotopic (exact) mass is 242 g/mol. The normalized spacial score (nSPS) is 11.5. The number of pyridine rings is 1. The van der Waals surface area contributed by atoms with E-state index in [2.05, 4.69) is 24.1 Å². The number of hydrogen-bond donors (Lipinski definition) is 1. The van der Waals surface area contributed by atoms with Crippen molar-refractivity contribution in [3.63, 3.8) is 0 Å². The number of methoxy groups -OCH3 is 1. The summed E-state index contributed by atoms with van der Waals surface area (Å²) in [5, 5.41) is 3.92. The van der Waals surface area contributed by atoms with Crippen molar-refractivity contribution in [1.82, 2.24) is 4.98 Å². The van der Waals surface area contributed by atoms with Gasteiger partial charge in [-0.1, -0.05) is 25.4 Å². The first kappa shape index (κ1) is 13.3. The third kappa shape index (κ3) is 4.37. The molecule has 1 N–H and O–H groups in total. The summed E-state index contributed by atoms with van der Waals surface area (Å²) in [5.41, 5.74) is 0.164. The average molecular weight is 243 g/mol. The molecule has 4 heteroatoms. The molecule has 0 spiro atoms. The molecular weight excluding hydrogens is 224 g/mol. The lowest BCUT2D eigenvalue weighted by Gasteiger charge is -2.25. The van der Waals surface area contributed by atoms with Gasteiger partial charge in [-0.25, -0.2) is 4.98 Å². The summed E-state index contributed by atoms with van der Waals surface area (Å²) < 4.78 is 5.08. The van der Waals surface area contributed by atoms with Crippen molar-refractivity contribution >= 4 is 17.4 Å². The molecule has 0 atom stereocenters. The van der Waals surface area contributed by atoms with E-state index in [0.29, 0.717) is 5.02 Å². The predicted molar refractivity (Wildman–Crippen MR) is 68.0 cm³/mol. The number of nitrogens with zero attached hydrogens (tertiary/aromatic N) is 1. The van der Waals surface area contributed by atoms with Crippen molar-refractivity contribution in [2.45, 2.75) is 20.3 Å². The van der Waals surface area contributed by atoms with Gasteiger partial charge in [0.15, 0.2) is 0 Å². The van der Waals surface area contributed by atoms with E-state index in [1.807, 2.05) is 12.1 Å². The average Bonchev–Trinajstić information content (AvgIpc) is 2.26. The molecule has 1 aromatic rings. The van der Waals surface area contributed by atoms with Crippen molar-refractivity contribution < 1.29 is 4.74 Å². The summed E-state index contributed by atoms with van der Waals surface area (Å²) in [5.74, 6) is 0.745. The fourth-order valence-electron chi connectivity index (χ4n) is 1.31. The van der Waals surface area contributed by atoms with Gasteiger partial charge < -0.3 is 10.1 Å². The predicted octanol–water partition coefficient (Wildman–Crippen LogP) is 3.21. The van der Waals surface area contributed by atoms with Crippen LogP contribution in [0.4, 0.5) is 5.82 Å². The molecular formula is C12H19ClN2O. The van der Waals surface area contributed by atoms with Crippen molar-refractivity contribution in [2.75, 3.05) is 25.6 Å². The molecule has 0 radical (unpaired) electrons. The number of hydrogen-bond acceptors (Lipinski definition) is 3. The quantitative estimate of drug-likeness (QED) is 0.832. The molecule has 0 unspecified atom stereocenters. The van der Waals surface area contributed by atoms with Crippen LogP contribution in [0, 0.1) is 5.41 Å². The summed E-state index contributed by atoms with van der Waals surface area (Å²) >= 11 is 6.01. The van der Waals surface area contributed by atoms with Crippen molar-refractivity contribution in [3.05, 3.63) is 23.4 Å². The van der Waals surface area contributed by atoms with Gasteiger partial charge in [-0.15, -0.1) is 0 Å². The topological polar surface area (TPSA) is 34.1 Å². The Bertz CT molecular complexity index is 329. The first-order chi connectivity index (χ1) is 7.55. The van der Waals surface area contributed by atoms with Crippen LogP contribution < -0.4 is 5.32 Å². The minimum absolute atomic E-state index is 0.164. The van der Waals surface area contributed by atoms with Crippen molar-refractivity contribution in [1.29, 1.82) is 0 Å². The van der Waals surface area contributed by atoms with Gasteiger partial charge >= 0.3 is 0 Å². The van der Waals surface area contributed by atoms with E-state index in [0.717, 1.165) is 25.4 Å². The molecule has 1 aromatic heterocycles. The van der Waals surface area contributed by atoms with Crippen LogP contribution in [0.25, 0.3) is 0 Å². The highest BCUT2D eigenvalue weighted by atomic mass is 35.5. The Balaban J connectivity index is 2.47. The van der Waals surface area contributed by atoms with Gasteiger partial charge in [-0.3, -0.25) is 0 Å². The Morgan fingerprint density at radius 2 is 2.25 bits per heavy atom. The lowest BCUT2D eigenvalue weighted by Crippen LogP contribution is -2.25. The summed E-state index contributed by atoms with van der Waals surface area (Å²) in [4.78, 5) is 4.19. The van der Waals surface area contributed by atoms with Gasteiger partial charge in [0.2, 0.25) is 0 Å². The Hall–Kier alpha value is -0.800. The smallest absolute Gasteiger partial charge is 0.144 e. The zero-order valence-electron chi connectivity index (χ0n) is 10.1. The fourth-order valence-corrected chi connectivity index (χ4v) is 1.49. The molecule has 0 aromatic carbocycles. The summed E-state index contributed by atoms with van der Waals surface area (Å²) in [6.45, 7) is 5.98. The highest BCUT2D eigenvalue weighted by molar-refractivity contribution is 6.32. The molecule has 0 aliphatic heterocycles. The Morgan fingerprint density at radius 1 is 1.50 bits per heavy atom. The highest BCUT2D eigenvalue weighted by Gasteiger charge is 2.17. The molecule has 0 saturated heterocycles. The largest absolute Gasteiger partial charge is 0.385 e. The molecule has 0 fully saturated rings. The zero-order chi connectivity index (χ0) is 12.0. The summed E-state index contributed by atoms with van der Waals surface area (Å²) in [6.07, 6.45) is 2.73. The molecule has 3 nitrogen and oxygen atoms in total. The second kappa shape index (κ2) is 6.06. The third-order valence-electron chi connectivity index (χ3n) is 2.48. The van der Waals surface area contributed by atoms with Crippen LogP contribution >= 0.6 is 11.6 Å². The van der Waals surface area contributed by atoms with Gasteiger partial charge in [-0.2, -0.15) is 0 Å². The maximum atomic E-state index is 6.01. The minimum atomic E-state index is 0.164. The van der Waals surface area contributed by atoms with E-state index in [1.54, 1.807) is 13.3 Å². The second-order valence-electron chi connectivity index (χ2n) is 4.59. The van der Waals surface area contributed by atoms with Gasteiger partial charge in [-0.05, 0) is 24.0 Å². The second-order valence-corrected chi connectivity index (χ2v) is 5.00. The molecule has 0 bridgehead atoms. The van der Waals surface area contributed by atoms with E-state index in [9.17, 15) is 0 Å². The molecule has 1 rings (SSSR count).